The van der Waals surface area contributed by atoms with Crippen LogP contribution in [0.15, 0.2) is 0 Å². The molecule has 0 aromatic carbocycles. The van der Waals surface area contributed by atoms with Crippen LogP contribution in [0, 0.1) is 0 Å². The second-order valence-corrected chi connectivity index (χ2v) is 2.69. The summed E-state index contributed by atoms with van der Waals surface area (Å²) in [5.41, 5.74) is 0. The maximum absolute atomic E-state index is 11.7. The van der Waals surface area contributed by atoms with Crippen molar-refractivity contribution in [3.63, 3.8) is 0 Å². The van der Waals surface area contributed by atoms with Crippen molar-refractivity contribution >= 4 is 0 Å². The highest BCUT2D eigenvalue weighted by atomic mass is 19.3. The number of nitrogens with one attached hydrogen (secondary N) is 1. The molecule has 0 aliphatic heterocycles. The van der Waals surface area contributed by atoms with Gasteiger partial charge in [0.2, 0.25) is 0 Å². The lowest BCUT2D eigenvalue weighted by molar-refractivity contribution is -0.0257. The second kappa shape index (κ2) is 7.43. The van der Waals surface area contributed by atoms with Crippen LogP contribution in [0.4, 0.5) is 8.78 Å². The molecule has 0 aromatic heterocycles. The normalized spacial score (nSPS) is 13.8. The van der Waals surface area contributed by atoms with Crippen molar-refractivity contribution in [1.29, 1.82) is 0 Å². The standard InChI is InChI=1S/C8H17F2NO/c1-3-4-7(5-11-2)12-6-8(9)10/h7-8,11H,3-6H2,1-2H3. The zero-order chi connectivity index (χ0) is 9.40. The summed E-state index contributed by atoms with van der Waals surface area (Å²) in [6, 6.07) is 0. The lowest BCUT2D eigenvalue weighted by Gasteiger charge is -2.16. The molecule has 0 saturated carbocycles. The maximum Gasteiger partial charge on any atom is 0.261 e. The second-order valence-electron chi connectivity index (χ2n) is 2.69. The first-order valence-electron chi connectivity index (χ1n) is 4.25. The zero-order valence-corrected chi connectivity index (χ0v) is 7.65. The molecule has 0 aliphatic carbocycles. The molecule has 0 aliphatic rings. The van der Waals surface area contributed by atoms with Crippen molar-refractivity contribution in [3.8, 4) is 0 Å². The molecule has 1 atom stereocenters. The summed E-state index contributed by atoms with van der Waals surface area (Å²) in [6.45, 7) is 2.20. The molecule has 0 bridgehead atoms. The number of halogens is 2. The molecule has 1 unspecified atom stereocenters. The molecule has 0 fully saturated rings. The first-order valence-corrected chi connectivity index (χ1v) is 4.25. The maximum atomic E-state index is 11.7. The molecular weight excluding hydrogens is 164 g/mol. The van der Waals surface area contributed by atoms with Crippen LogP contribution in [0.25, 0.3) is 0 Å². The van der Waals surface area contributed by atoms with E-state index in [2.05, 4.69) is 5.32 Å². The minimum Gasteiger partial charge on any atom is -0.371 e. The number of hydrogen-bond acceptors (Lipinski definition) is 2. The molecule has 0 spiro atoms. The van der Waals surface area contributed by atoms with Gasteiger partial charge in [0.15, 0.2) is 0 Å². The SMILES string of the molecule is CCCC(CNC)OCC(F)F. The molecule has 4 heteroatoms. The van der Waals surface area contributed by atoms with E-state index in [9.17, 15) is 8.78 Å². The van der Waals surface area contributed by atoms with E-state index in [0.29, 0.717) is 6.54 Å². The van der Waals surface area contributed by atoms with Crippen LogP contribution in [0.5, 0.6) is 0 Å². The summed E-state index contributed by atoms with van der Waals surface area (Å²) in [5, 5.41) is 2.91. The van der Waals surface area contributed by atoms with E-state index >= 15 is 0 Å². The molecule has 0 rings (SSSR count). The highest BCUT2D eigenvalue weighted by molar-refractivity contribution is 4.59. The van der Waals surface area contributed by atoms with E-state index in [1.54, 1.807) is 7.05 Å². The van der Waals surface area contributed by atoms with E-state index < -0.39 is 13.0 Å². The topological polar surface area (TPSA) is 21.3 Å². The number of ether oxygens (including phenoxy) is 1. The molecule has 2 nitrogen and oxygen atoms in total. The van der Waals surface area contributed by atoms with E-state index in [1.807, 2.05) is 6.92 Å². The Hall–Kier alpha value is -0.220. The average Bonchev–Trinajstić information content (AvgIpc) is 2.01. The van der Waals surface area contributed by atoms with E-state index in [0.717, 1.165) is 12.8 Å². The lowest BCUT2D eigenvalue weighted by atomic mass is 10.2. The first-order chi connectivity index (χ1) is 5.70. The fourth-order valence-electron chi connectivity index (χ4n) is 1.00. The van der Waals surface area contributed by atoms with Crippen LogP contribution in [-0.4, -0.2) is 32.7 Å². The minimum absolute atomic E-state index is 0.0750. The third-order valence-corrected chi connectivity index (χ3v) is 1.50. The molecule has 1 N–H and O–H groups in total. The molecule has 0 saturated heterocycles. The number of alkyl halides is 2. The van der Waals surface area contributed by atoms with Crippen LogP contribution in [0.2, 0.25) is 0 Å². The van der Waals surface area contributed by atoms with Crippen LogP contribution in [0.1, 0.15) is 19.8 Å². The highest BCUT2D eigenvalue weighted by Crippen LogP contribution is 2.03. The van der Waals surface area contributed by atoms with Crippen molar-refractivity contribution in [1.82, 2.24) is 5.32 Å². The van der Waals surface area contributed by atoms with Gasteiger partial charge in [-0.25, -0.2) is 8.78 Å². The quantitative estimate of drug-likeness (QED) is 0.645. The van der Waals surface area contributed by atoms with E-state index in [4.69, 9.17) is 4.74 Å². The third kappa shape index (κ3) is 6.49. The Labute approximate surface area is 72.3 Å². The van der Waals surface area contributed by atoms with Gasteiger partial charge in [-0.15, -0.1) is 0 Å². The first kappa shape index (κ1) is 11.8. The number of hydrogen-bond donors (Lipinski definition) is 1. The van der Waals surface area contributed by atoms with Crippen molar-refractivity contribution < 1.29 is 13.5 Å². The number of rotatable bonds is 7. The van der Waals surface area contributed by atoms with Crippen LogP contribution < -0.4 is 5.32 Å². The third-order valence-electron chi connectivity index (χ3n) is 1.50. The Morgan fingerprint density at radius 3 is 2.50 bits per heavy atom. The van der Waals surface area contributed by atoms with Crippen molar-refractivity contribution in [2.24, 2.45) is 0 Å². The fraction of sp³-hybridized carbons (Fsp3) is 1.00. The van der Waals surface area contributed by atoms with Gasteiger partial charge in [0.1, 0.15) is 6.61 Å². The summed E-state index contributed by atoms with van der Waals surface area (Å²) in [7, 11) is 1.79. The Bertz CT molecular complexity index is 95.1. The predicted molar refractivity (Wildman–Crippen MR) is 44.6 cm³/mol. The van der Waals surface area contributed by atoms with Gasteiger partial charge in [0.25, 0.3) is 6.43 Å². The summed E-state index contributed by atoms with van der Waals surface area (Å²) >= 11 is 0. The van der Waals surface area contributed by atoms with Gasteiger partial charge in [-0.3, -0.25) is 0 Å². The van der Waals surface area contributed by atoms with Crippen molar-refractivity contribution in [2.75, 3.05) is 20.2 Å². The molecule has 74 valence electrons. The van der Waals surface area contributed by atoms with E-state index in [1.165, 1.54) is 0 Å². The lowest BCUT2D eigenvalue weighted by Crippen LogP contribution is -2.28. The molecule has 0 amide bonds. The average molecular weight is 181 g/mol. The van der Waals surface area contributed by atoms with Gasteiger partial charge in [0.05, 0.1) is 6.10 Å². The Balaban J connectivity index is 3.48. The van der Waals surface area contributed by atoms with Gasteiger partial charge in [0, 0.05) is 6.54 Å². The molecule has 0 aromatic rings. The Morgan fingerprint density at radius 1 is 1.42 bits per heavy atom. The van der Waals surface area contributed by atoms with Crippen LogP contribution >= 0.6 is 0 Å². The summed E-state index contributed by atoms with van der Waals surface area (Å²) < 4.78 is 28.4. The summed E-state index contributed by atoms with van der Waals surface area (Å²) in [5.74, 6) is 0. The highest BCUT2D eigenvalue weighted by Gasteiger charge is 2.10. The van der Waals surface area contributed by atoms with Gasteiger partial charge >= 0.3 is 0 Å². The smallest absolute Gasteiger partial charge is 0.261 e. The zero-order valence-electron chi connectivity index (χ0n) is 7.65. The number of likely N-dealkylation sites (N-methyl/N-ethyl adjacent to an activating group) is 1. The molecular formula is C8H17F2NO. The van der Waals surface area contributed by atoms with E-state index in [-0.39, 0.29) is 6.10 Å². The largest absolute Gasteiger partial charge is 0.371 e. The molecule has 0 radical (unpaired) electrons. The van der Waals surface area contributed by atoms with Crippen LogP contribution in [-0.2, 0) is 4.74 Å². The van der Waals surface area contributed by atoms with Crippen LogP contribution in [0.3, 0.4) is 0 Å². The van der Waals surface area contributed by atoms with Gasteiger partial charge in [-0.1, -0.05) is 13.3 Å². The summed E-state index contributed by atoms with van der Waals surface area (Å²) in [6.07, 6.45) is -0.654. The van der Waals surface area contributed by atoms with Gasteiger partial charge in [-0.2, -0.15) is 0 Å². The predicted octanol–water partition coefficient (Wildman–Crippen LogP) is 1.66. The Morgan fingerprint density at radius 2 is 2.08 bits per heavy atom. The summed E-state index contributed by atoms with van der Waals surface area (Å²) in [4.78, 5) is 0. The Kier molecular flexibility index (Phi) is 7.29. The minimum atomic E-state index is -2.36. The molecule has 0 heterocycles. The molecule has 12 heavy (non-hydrogen) atoms. The van der Waals surface area contributed by atoms with Crippen molar-refractivity contribution in [3.05, 3.63) is 0 Å². The monoisotopic (exact) mass is 181 g/mol. The van der Waals surface area contributed by atoms with Crippen molar-refractivity contribution in [2.45, 2.75) is 32.3 Å². The van der Waals surface area contributed by atoms with Gasteiger partial charge < -0.3 is 10.1 Å². The van der Waals surface area contributed by atoms with Gasteiger partial charge in [-0.05, 0) is 13.5 Å². The fourth-order valence-corrected chi connectivity index (χ4v) is 1.00.